The number of hydrogen-bond acceptors (Lipinski definition) is 10. The van der Waals surface area contributed by atoms with Crippen LogP contribution in [0.2, 0.25) is 0 Å². The predicted molar refractivity (Wildman–Crippen MR) is 109 cm³/mol. The number of anilines is 3. The lowest BCUT2D eigenvalue weighted by atomic mass is 9.99. The monoisotopic (exact) mass is 469 g/mol. The number of aliphatic hydroxyl groups excluding tert-OH is 1. The van der Waals surface area contributed by atoms with Crippen LogP contribution in [0.4, 0.5) is 35.7 Å². The van der Waals surface area contributed by atoms with Crippen LogP contribution in [0.25, 0.3) is 11.3 Å². The second-order valence-corrected chi connectivity index (χ2v) is 8.04. The van der Waals surface area contributed by atoms with Crippen molar-refractivity contribution in [1.29, 1.82) is 0 Å². The van der Waals surface area contributed by atoms with Crippen LogP contribution < -0.4 is 15.5 Å². The van der Waals surface area contributed by atoms with E-state index < -0.39 is 47.7 Å². The summed E-state index contributed by atoms with van der Waals surface area (Å²) in [5, 5.41) is 9.91. The molecule has 2 aromatic rings. The van der Waals surface area contributed by atoms with Crippen molar-refractivity contribution < 1.29 is 32.5 Å². The highest BCUT2D eigenvalue weighted by Gasteiger charge is 2.49. The number of cyclic esters (lactones) is 1. The number of nitrogens with zero attached hydrogens (tertiary/aromatic N) is 6. The number of carbonyl (C=O) groups is 1. The second-order valence-electron chi connectivity index (χ2n) is 8.04. The Kier molecular flexibility index (Phi) is 5.74. The normalized spacial score (nSPS) is 20.8. The number of hydrogen-bond donors (Lipinski definition) is 2. The molecule has 0 bridgehead atoms. The number of alkyl halides is 3. The third-order valence-electron chi connectivity index (χ3n) is 5.43. The Hall–Kier alpha value is -3.26. The molecule has 3 N–H and O–H groups in total. The molecule has 2 aliphatic rings. The van der Waals surface area contributed by atoms with Crippen molar-refractivity contribution in [2.75, 3.05) is 48.4 Å². The molecule has 2 aliphatic heterocycles. The van der Waals surface area contributed by atoms with E-state index in [1.54, 1.807) is 18.7 Å². The number of carbonyl (C=O) groups excluding carboxylic acids is 1. The van der Waals surface area contributed by atoms with E-state index in [2.05, 4.69) is 19.9 Å². The molecule has 0 radical (unpaired) electrons. The summed E-state index contributed by atoms with van der Waals surface area (Å²) in [7, 11) is 0. The van der Waals surface area contributed by atoms with Gasteiger partial charge in [0.2, 0.25) is 11.9 Å². The molecule has 14 heteroatoms. The van der Waals surface area contributed by atoms with Gasteiger partial charge in [-0.3, -0.25) is 4.90 Å². The molecule has 1 atom stereocenters. The highest BCUT2D eigenvalue weighted by molar-refractivity contribution is 5.91. The van der Waals surface area contributed by atoms with Crippen LogP contribution in [0.5, 0.6) is 0 Å². The standard InChI is InChI=1S/C19H22F3N7O4/c1-18(2)12(9-30)29(17(31)33-18)13-7-11(25-16(26-13)28-3-5-32-6-4-28)10-8-24-15(23)27-14(10)19(20,21)22/h7-8,12,30H,3-6,9H2,1-2H3,(H2,23,24,27). The molecular weight excluding hydrogens is 447 g/mol. The lowest BCUT2D eigenvalue weighted by Gasteiger charge is -2.29. The Morgan fingerprint density at radius 2 is 1.94 bits per heavy atom. The topological polar surface area (TPSA) is 140 Å². The van der Waals surface area contributed by atoms with Crippen molar-refractivity contribution in [2.45, 2.75) is 31.7 Å². The van der Waals surface area contributed by atoms with Gasteiger partial charge in [0, 0.05) is 30.9 Å². The van der Waals surface area contributed by atoms with Crippen LogP contribution in [-0.2, 0) is 15.7 Å². The van der Waals surface area contributed by atoms with E-state index in [1.165, 1.54) is 6.07 Å². The van der Waals surface area contributed by atoms with Crippen molar-refractivity contribution >= 4 is 23.8 Å². The van der Waals surface area contributed by atoms with Gasteiger partial charge in [-0.25, -0.2) is 19.7 Å². The average Bonchev–Trinajstić information content (AvgIpc) is 3.00. The van der Waals surface area contributed by atoms with Gasteiger partial charge < -0.3 is 25.2 Å². The van der Waals surface area contributed by atoms with Gasteiger partial charge in [0.25, 0.3) is 0 Å². The molecule has 2 fully saturated rings. The van der Waals surface area contributed by atoms with Crippen LogP contribution in [0.1, 0.15) is 19.5 Å². The van der Waals surface area contributed by atoms with Gasteiger partial charge in [-0.05, 0) is 13.8 Å². The molecule has 4 heterocycles. The van der Waals surface area contributed by atoms with Gasteiger partial charge in [-0.1, -0.05) is 0 Å². The highest BCUT2D eigenvalue weighted by Crippen LogP contribution is 2.38. The molecule has 1 amide bonds. The number of ether oxygens (including phenoxy) is 2. The smallest absolute Gasteiger partial charge is 0.434 e. The fourth-order valence-corrected chi connectivity index (χ4v) is 3.72. The number of aromatic nitrogens is 4. The number of nitrogen functional groups attached to an aromatic ring is 1. The average molecular weight is 469 g/mol. The van der Waals surface area contributed by atoms with Crippen LogP contribution in [-0.4, -0.2) is 75.7 Å². The maximum atomic E-state index is 13.7. The minimum Gasteiger partial charge on any atom is -0.441 e. The summed E-state index contributed by atoms with van der Waals surface area (Å²) in [5.41, 5.74) is 2.47. The molecular formula is C19H22F3N7O4. The summed E-state index contributed by atoms with van der Waals surface area (Å²) >= 11 is 0. The maximum absolute atomic E-state index is 13.7. The van der Waals surface area contributed by atoms with Crippen LogP contribution >= 0.6 is 0 Å². The Morgan fingerprint density at radius 1 is 1.24 bits per heavy atom. The second kappa shape index (κ2) is 8.26. The zero-order valence-corrected chi connectivity index (χ0v) is 17.8. The lowest BCUT2D eigenvalue weighted by molar-refractivity contribution is -0.140. The number of aliphatic hydroxyl groups is 1. The lowest BCUT2D eigenvalue weighted by Crippen LogP contribution is -2.45. The van der Waals surface area contributed by atoms with Gasteiger partial charge in [0.15, 0.2) is 5.69 Å². The molecule has 1 unspecified atom stereocenters. The molecule has 0 aliphatic carbocycles. The van der Waals surface area contributed by atoms with E-state index in [1.807, 2.05) is 0 Å². The molecule has 0 saturated carbocycles. The van der Waals surface area contributed by atoms with Crippen LogP contribution in [0.15, 0.2) is 12.3 Å². The van der Waals surface area contributed by atoms with E-state index in [9.17, 15) is 23.1 Å². The molecule has 11 nitrogen and oxygen atoms in total. The fraction of sp³-hybridized carbons (Fsp3) is 0.526. The number of nitrogens with two attached hydrogens (primary N) is 1. The van der Waals surface area contributed by atoms with E-state index in [-0.39, 0.29) is 17.5 Å². The third-order valence-corrected chi connectivity index (χ3v) is 5.43. The van der Waals surface area contributed by atoms with E-state index in [4.69, 9.17) is 15.2 Å². The molecule has 0 spiro atoms. The summed E-state index contributed by atoms with van der Waals surface area (Å²) in [4.78, 5) is 31.3. The first-order valence-corrected chi connectivity index (χ1v) is 10.1. The van der Waals surface area contributed by atoms with Crippen molar-refractivity contribution in [2.24, 2.45) is 0 Å². The fourth-order valence-electron chi connectivity index (χ4n) is 3.72. The Balaban J connectivity index is 1.90. The molecule has 178 valence electrons. The van der Waals surface area contributed by atoms with Gasteiger partial charge in [0.05, 0.1) is 25.5 Å². The summed E-state index contributed by atoms with van der Waals surface area (Å²) in [6.45, 7) is 4.32. The number of morpholine rings is 1. The maximum Gasteiger partial charge on any atom is 0.434 e. The summed E-state index contributed by atoms with van der Waals surface area (Å²) in [6, 6.07) is 0.384. The summed E-state index contributed by atoms with van der Waals surface area (Å²) < 4.78 is 51.8. The molecule has 0 aromatic carbocycles. The number of halogens is 3. The van der Waals surface area contributed by atoms with Gasteiger partial charge in [-0.15, -0.1) is 0 Å². The SMILES string of the molecule is CC1(C)OC(=O)N(c2cc(-c3cnc(N)nc3C(F)(F)F)nc(N3CCOCC3)n2)C1CO. The molecule has 4 rings (SSSR count). The number of rotatable bonds is 4. The predicted octanol–water partition coefficient (Wildman–Crippen LogP) is 1.47. The molecule has 2 aromatic heterocycles. The number of amides is 1. The first-order valence-electron chi connectivity index (χ1n) is 10.1. The summed E-state index contributed by atoms with van der Waals surface area (Å²) in [5.74, 6) is -0.481. The summed E-state index contributed by atoms with van der Waals surface area (Å²) in [6.07, 6.45) is -4.70. The van der Waals surface area contributed by atoms with E-state index in [0.717, 1.165) is 11.1 Å². The minimum absolute atomic E-state index is 0.0268. The highest BCUT2D eigenvalue weighted by atomic mass is 19.4. The Labute approximate surface area is 186 Å². The van der Waals surface area contributed by atoms with Crippen molar-refractivity contribution in [3.05, 3.63) is 18.0 Å². The first kappa shape index (κ1) is 22.9. The van der Waals surface area contributed by atoms with E-state index >= 15 is 0 Å². The van der Waals surface area contributed by atoms with Gasteiger partial charge in [0.1, 0.15) is 17.5 Å². The van der Waals surface area contributed by atoms with Gasteiger partial charge >= 0.3 is 12.3 Å². The van der Waals surface area contributed by atoms with Crippen molar-refractivity contribution in [1.82, 2.24) is 19.9 Å². The Bertz CT molecular complexity index is 1060. The van der Waals surface area contributed by atoms with E-state index in [0.29, 0.717) is 26.3 Å². The van der Waals surface area contributed by atoms with Crippen molar-refractivity contribution in [3.63, 3.8) is 0 Å². The third kappa shape index (κ3) is 4.35. The van der Waals surface area contributed by atoms with Crippen LogP contribution in [0.3, 0.4) is 0 Å². The zero-order chi connectivity index (χ0) is 24.0. The van der Waals surface area contributed by atoms with Gasteiger partial charge in [-0.2, -0.15) is 18.2 Å². The quantitative estimate of drug-likeness (QED) is 0.676. The van der Waals surface area contributed by atoms with Crippen LogP contribution in [0, 0.1) is 0 Å². The minimum atomic E-state index is -4.83. The first-order chi connectivity index (χ1) is 15.5. The van der Waals surface area contributed by atoms with Crippen molar-refractivity contribution in [3.8, 4) is 11.3 Å². The largest absolute Gasteiger partial charge is 0.441 e. The zero-order valence-electron chi connectivity index (χ0n) is 17.8. The molecule has 2 saturated heterocycles. The molecule has 33 heavy (non-hydrogen) atoms. The Morgan fingerprint density at radius 3 is 2.58 bits per heavy atom.